The zero-order valence-electron chi connectivity index (χ0n) is 6.99. The van der Waals surface area contributed by atoms with E-state index in [9.17, 15) is 0 Å². The van der Waals surface area contributed by atoms with Crippen molar-refractivity contribution in [2.75, 3.05) is 13.1 Å². The quantitative estimate of drug-likeness (QED) is 0.394. The van der Waals surface area contributed by atoms with E-state index in [0.717, 1.165) is 25.9 Å². The molecule has 0 bridgehead atoms. The first-order valence-electron chi connectivity index (χ1n) is 2.74. The van der Waals surface area contributed by atoms with E-state index in [1.54, 1.807) is 0 Å². The van der Waals surface area contributed by atoms with Crippen LogP contribution in [0, 0.1) is 0 Å². The summed E-state index contributed by atoms with van der Waals surface area (Å²) in [5.41, 5.74) is 0. The van der Waals surface area contributed by atoms with Gasteiger partial charge in [-0.15, -0.1) is 11.6 Å². The molecule has 0 atom stereocenters. The maximum Gasteiger partial charge on any atom is 2.00 e. The molecule has 1 aliphatic heterocycles. The van der Waals surface area contributed by atoms with E-state index >= 15 is 0 Å². The Bertz CT molecular complexity index is 61.6. The van der Waals surface area contributed by atoms with Gasteiger partial charge < -0.3 is 8.17 Å². The Morgan fingerprint density at radius 1 is 1.38 bits per heavy atom. The van der Waals surface area contributed by atoms with Gasteiger partial charge in [-0.2, -0.15) is 0 Å². The summed E-state index contributed by atoms with van der Waals surface area (Å²) in [4.78, 5) is 0. The summed E-state index contributed by atoms with van der Waals surface area (Å²) < 4.78 is 0. The second-order valence-corrected chi connectivity index (χ2v) is 2.54. The smallest absolute Gasteiger partial charge is 1.00 e. The third-order valence-electron chi connectivity index (χ3n) is 1.27. The summed E-state index contributed by atoms with van der Waals surface area (Å²) in [5, 5.41) is 3.68. The molecular formula is C5H12ClMgN. The maximum atomic E-state index is 5.78. The summed E-state index contributed by atoms with van der Waals surface area (Å²) >= 11 is 5.78. The number of hydrogen-bond acceptors (Lipinski definition) is 1. The second kappa shape index (κ2) is 4.85. The van der Waals surface area contributed by atoms with Crippen LogP contribution in [0.3, 0.4) is 0 Å². The minimum absolute atomic E-state index is 0. The molecule has 0 spiro atoms. The molecule has 1 nitrogen and oxygen atoms in total. The first-order chi connectivity index (χ1) is 3.39. The van der Waals surface area contributed by atoms with Crippen LogP contribution in [0.5, 0.6) is 0 Å². The molecule has 3 heteroatoms. The number of piperidine rings is 1. The van der Waals surface area contributed by atoms with Crippen molar-refractivity contribution in [3.63, 3.8) is 0 Å². The van der Waals surface area contributed by atoms with Crippen molar-refractivity contribution >= 4 is 34.7 Å². The Kier molecular flexibility index (Phi) is 5.47. The normalized spacial score (nSPS) is 22.1. The zero-order valence-corrected chi connectivity index (χ0v) is 7.16. The molecule has 8 heavy (non-hydrogen) atoms. The standard InChI is InChI=1S/C5H10ClN.Mg.2H/c6-5-1-3-7-4-2-5;;;/h5,7H,1-4H2;;;/q;+2;2*-1. The third-order valence-corrected chi connectivity index (χ3v) is 1.71. The van der Waals surface area contributed by atoms with Crippen LogP contribution in [-0.2, 0) is 0 Å². The SMILES string of the molecule is ClC1CCNCC1.[H-].[H-].[Mg+2]. The molecule has 0 aliphatic carbocycles. The van der Waals surface area contributed by atoms with Gasteiger partial charge in [-0.3, -0.25) is 0 Å². The summed E-state index contributed by atoms with van der Waals surface area (Å²) in [5.74, 6) is 0. The molecular weight excluding hydrogens is 134 g/mol. The monoisotopic (exact) mass is 145 g/mol. The van der Waals surface area contributed by atoms with Crippen LogP contribution in [0.4, 0.5) is 0 Å². The van der Waals surface area contributed by atoms with E-state index in [1.807, 2.05) is 0 Å². The van der Waals surface area contributed by atoms with Gasteiger partial charge in [0.15, 0.2) is 0 Å². The van der Waals surface area contributed by atoms with E-state index in [2.05, 4.69) is 5.32 Å². The molecule has 0 saturated carbocycles. The van der Waals surface area contributed by atoms with Crippen molar-refractivity contribution in [1.82, 2.24) is 5.32 Å². The number of halogens is 1. The van der Waals surface area contributed by atoms with Crippen molar-refractivity contribution in [3.05, 3.63) is 0 Å². The van der Waals surface area contributed by atoms with Gasteiger partial charge in [-0.1, -0.05) is 0 Å². The summed E-state index contributed by atoms with van der Waals surface area (Å²) in [6.07, 6.45) is 2.28. The summed E-state index contributed by atoms with van der Waals surface area (Å²) in [6.45, 7) is 2.21. The Labute approximate surface area is 74.3 Å². The first-order valence-corrected chi connectivity index (χ1v) is 3.18. The maximum absolute atomic E-state index is 5.78. The Morgan fingerprint density at radius 2 is 1.88 bits per heavy atom. The van der Waals surface area contributed by atoms with Gasteiger partial charge in [-0.05, 0) is 25.9 Å². The topological polar surface area (TPSA) is 12.0 Å². The van der Waals surface area contributed by atoms with Gasteiger partial charge in [0.25, 0.3) is 0 Å². The van der Waals surface area contributed by atoms with Crippen LogP contribution in [0.25, 0.3) is 0 Å². The van der Waals surface area contributed by atoms with Gasteiger partial charge >= 0.3 is 23.1 Å². The number of alkyl halides is 1. The second-order valence-electron chi connectivity index (χ2n) is 1.92. The summed E-state index contributed by atoms with van der Waals surface area (Å²) in [6, 6.07) is 0. The summed E-state index contributed by atoms with van der Waals surface area (Å²) in [7, 11) is 0. The van der Waals surface area contributed by atoms with E-state index in [0.29, 0.717) is 5.38 Å². The van der Waals surface area contributed by atoms with Crippen LogP contribution in [0.1, 0.15) is 15.7 Å². The molecule has 0 radical (unpaired) electrons. The third kappa shape index (κ3) is 3.12. The molecule has 1 aliphatic rings. The van der Waals surface area contributed by atoms with Crippen molar-refractivity contribution < 1.29 is 2.85 Å². The van der Waals surface area contributed by atoms with Crippen LogP contribution in [0.2, 0.25) is 0 Å². The predicted octanol–water partition coefficient (Wildman–Crippen LogP) is 0.821. The Morgan fingerprint density at radius 3 is 2.12 bits per heavy atom. The fourth-order valence-electron chi connectivity index (χ4n) is 0.787. The average molecular weight is 146 g/mol. The molecule has 1 rings (SSSR count). The van der Waals surface area contributed by atoms with Crippen LogP contribution in [0.15, 0.2) is 0 Å². The molecule has 1 heterocycles. The average Bonchev–Trinajstić information content (AvgIpc) is 1.69. The van der Waals surface area contributed by atoms with E-state index in [1.165, 1.54) is 0 Å². The fraction of sp³-hybridized carbons (Fsp3) is 1.00. The van der Waals surface area contributed by atoms with Gasteiger partial charge in [0.2, 0.25) is 0 Å². The van der Waals surface area contributed by atoms with Crippen molar-refractivity contribution in [2.45, 2.75) is 18.2 Å². The minimum atomic E-state index is 0. The van der Waals surface area contributed by atoms with E-state index in [-0.39, 0.29) is 25.9 Å². The van der Waals surface area contributed by atoms with E-state index in [4.69, 9.17) is 11.6 Å². The molecule has 1 saturated heterocycles. The van der Waals surface area contributed by atoms with Crippen molar-refractivity contribution in [1.29, 1.82) is 0 Å². The van der Waals surface area contributed by atoms with Crippen molar-refractivity contribution in [3.8, 4) is 0 Å². The van der Waals surface area contributed by atoms with Crippen LogP contribution >= 0.6 is 11.6 Å². The fourth-order valence-corrected chi connectivity index (χ4v) is 1.00. The molecule has 1 N–H and O–H groups in total. The number of nitrogens with one attached hydrogen (secondary N) is 1. The first kappa shape index (κ1) is 9.02. The van der Waals surface area contributed by atoms with Gasteiger partial charge in [0.05, 0.1) is 0 Å². The zero-order chi connectivity index (χ0) is 5.11. The largest absolute Gasteiger partial charge is 2.00 e. The molecule has 1 fully saturated rings. The Hall–Kier alpha value is 1.02. The molecule has 0 aromatic carbocycles. The van der Waals surface area contributed by atoms with Crippen LogP contribution < -0.4 is 5.32 Å². The van der Waals surface area contributed by atoms with E-state index < -0.39 is 0 Å². The van der Waals surface area contributed by atoms with Crippen LogP contribution in [-0.4, -0.2) is 41.5 Å². The number of hydrogen-bond donors (Lipinski definition) is 1. The van der Waals surface area contributed by atoms with Crippen molar-refractivity contribution in [2.24, 2.45) is 0 Å². The molecule has 0 aromatic rings. The minimum Gasteiger partial charge on any atom is -1.00 e. The van der Waals surface area contributed by atoms with Gasteiger partial charge in [0, 0.05) is 5.38 Å². The predicted molar refractivity (Wildman–Crippen MR) is 39.7 cm³/mol. The number of rotatable bonds is 0. The molecule has 0 amide bonds. The molecule has 46 valence electrons. The Balaban J connectivity index is -0.000000163. The van der Waals surface area contributed by atoms with Gasteiger partial charge in [0.1, 0.15) is 0 Å². The van der Waals surface area contributed by atoms with Gasteiger partial charge in [-0.25, -0.2) is 0 Å². The molecule has 0 unspecified atom stereocenters. The molecule has 0 aromatic heterocycles.